The molecule has 4 heterocycles. The highest BCUT2D eigenvalue weighted by Gasteiger charge is 2.32. The average molecular weight is 1010 g/mol. The summed E-state index contributed by atoms with van der Waals surface area (Å²) in [6, 6.07) is 82.5. The molecule has 0 unspecified atom stereocenters. The molecule has 15 aromatic rings. The molecule has 0 amide bonds. The molecule has 0 aliphatic carbocycles. The molecule has 0 aliphatic heterocycles. The predicted molar refractivity (Wildman–Crippen MR) is 309 cm³/mol. The number of aromatic nitrogens is 4. The van der Waals surface area contributed by atoms with E-state index in [1.165, 1.54) is 6.07 Å². The van der Waals surface area contributed by atoms with Crippen LogP contribution in [0.25, 0.3) is 132 Å². The van der Waals surface area contributed by atoms with E-state index in [1.54, 1.807) is 6.07 Å². The van der Waals surface area contributed by atoms with E-state index in [0.29, 0.717) is 39.2 Å². The summed E-state index contributed by atoms with van der Waals surface area (Å²) in [5, 5.41) is 30.7. The fraction of sp³-hybridized carbons (Fsp3) is 0.0145. The number of nitriles is 2. The first-order valence-electron chi connectivity index (χ1n) is 25.6. The molecule has 15 rings (SSSR count). The first-order valence-corrected chi connectivity index (χ1v) is 25.6. The first-order chi connectivity index (χ1) is 38.3. The second-order valence-corrected chi connectivity index (χ2v) is 19.7. The summed E-state index contributed by atoms with van der Waals surface area (Å²) in [5.74, 6) is 0. The molecule has 9 heteroatoms. The largest absolute Gasteiger partial charge is 0.416 e. The molecule has 0 spiro atoms. The van der Waals surface area contributed by atoms with E-state index in [2.05, 4.69) is 188 Å². The van der Waals surface area contributed by atoms with E-state index in [-0.39, 0.29) is 5.56 Å². The SMILES string of the molecule is N#Cc1cc(C(F)(F)F)ccc1-c1cccc(-n2c3ccccc3c3cc(-n4c5ccccc5c5ccccc54)ccc32)c1-c1c(C#N)cccc1-n1c2ccccc2c2cc(-n3c4ccccc4c4ccccc43)ccc21. The van der Waals surface area contributed by atoms with Crippen LogP contribution >= 0.6 is 0 Å². The molecule has 0 saturated heterocycles. The number of rotatable bonds is 6. The van der Waals surface area contributed by atoms with Gasteiger partial charge in [-0.2, -0.15) is 23.7 Å². The van der Waals surface area contributed by atoms with Crippen LogP contribution in [0.5, 0.6) is 0 Å². The smallest absolute Gasteiger partial charge is 0.309 e. The van der Waals surface area contributed by atoms with Crippen molar-refractivity contribution in [2.24, 2.45) is 0 Å². The van der Waals surface area contributed by atoms with E-state index in [4.69, 9.17) is 0 Å². The Labute approximate surface area is 443 Å². The molecule has 78 heavy (non-hydrogen) atoms. The monoisotopic (exact) mass is 1010 g/mol. The standard InChI is InChI=1S/C69H39F3N6/c70-69(71,72)44-31-34-47(43(37-44)41-74)54-22-14-30-66(78-62-28-12-6-21-53(62)56-39-46(33-36-64(56)78)76-59-25-9-3-18-50(59)51-19-4-10-26-60(51)76)68(54)67-42(40-73)15-13-29-65(67)77-61-27-11-5-20-52(61)55-38-45(32-35-63(55)77)75-57-23-7-1-16-48(57)49-17-2-8-24-58(49)75/h1-39H. The van der Waals surface area contributed by atoms with Gasteiger partial charge in [-0.3, -0.25) is 0 Å². The number of hydrogen-bond acceptors (Lipinski definition) is 2. The van der Waals surface area contributed by atoms with E-state index in [1.807, 2.05) is 54.6 Å². The summed E-state index contributed by atoms with van der Waals surface area (Å²) in [5.41, 5.74) is 12.4. The van der Waals surface area contributed by atoms with E-state index >= 15 is 0 Å². The van der Waals surface area contributed by atoms with Crippen molar-refractivity contribution in [3.8, 4) is 57.1 Å². The van der Waals surface area contributed by atoms with Crippen LogP contribution in [0, 0.1) is 22.7 Å². The fourth-order valence-corrected chi connectivity index (χ4v) is 12.5. The lowest BCUT2D eigenvalue weighted by Crippen LogP contribution is -2.07. The van der Waals surface area contributed by atoms with Gasteiger partial charge in [-0.05, 0) is 109 Å². The van der Waals surface area contributed by atoms with Crippen molar-refractivity contribution >= 4 is 87.2 Å². The van der Waals surface area contributed by atoms with Gasteiger partial charge in [-0.25, -0.2) is 0 Å². The van der Waals surface area contributed by atoms with Gasteiger partial charge in [0.25, 0.3) is 0 Å². The van der Waals surface area contributed by atoms with Gasteiger partial charge < -0.3 is 18.3 Å². The Morgan fingerprint density at radius 2 is 0.667 bits per heavy atom. The molecular formula is C69H39F3N6. The number of para-hydroxylation sites is 6. The molecule has 0 radical (unpaired) electrons. The zero-order chi connectivity index (χ0) is 52.4. The van der Waals surface area contributed by atoms with Crippen molar-refractivity contribution in [2.75, 3.05) is 0 Å². The minimum absolute atomic E-state index is 0.147. The number of fused-ring (bicyclic) bond motifs is 12. The molecule has 4 aromatic heterocycles. The van der Waals surface area contributed by atoms with Crippen LogP contribution in [0.15, 0.2) is 237 Å². The number of nitrogens with zero attached hydrogens (tertiary/aromatic N) is 6. The Morgan fingerprint density at radius 1 is 0.295 bits per heavy atom. The minimum Gasteiger partial charge on any atom is -0.309 e. The van der Waals surface area contributed by atoms with Crippen molar-refractivity contribution in [3.05, 3.63) is 253 Å². The Balaban J connectivity index is 1.03. The highest BCUT2D eigenvalue weighted by atomic mass is 19.4. The maximum absolute atomic E-state index is 14.5. The van der Waals surface area contributed by atoms with Crippen LogP contribution in [-0.2, 0) is 6.18 Å². The highest BCUT2D eigenvalue weighted by molar-refractivity contribution is 6.15. The normalized spacial score (nSPS) is 12.0. The van der Waals surface area contributed by atoms with Crippen LogP contribution in [0.2, 0.25) is 0 Å². The Morgan fingerprint density at radius 3 is 1.09 bits per heavy atom. The van der Waals surface area contributed by atoms with Gasteiger partial charge >= 0.3 is 6.18 Å². The van der Waals surface area contributed by atoms with Crippen LogP contribution < -0.4 is 0 Å². The molecule has 0 bridgehead atoms. The maximum Gasteiger partial charge on any atom is 0.416 e. The fourth-order valence-electron chi connectivity index (χ4n) is 12.5. The summed E-state index contributed by atoms with van der Waals surface area (Å²) in [6.07, 6.45) is -4.69. The number of halogens is 3. The summed E-state index contributed by atoms with van der Waals surface area (Å²) in [6.45, 7) is 0. The summed E-state index contributed by atoms with van der Waals surface area (Å²) in [7, 11) is 0. The predicted octanol–water partition coefficient (Wildman–Crippen LogP) is 18.2. The number of benzene rings is 11. The summed E-state index contributed by atoms with van der Waals surface area (Å²) in [4.78, 5) is 0. The van der Waals surface area contributed by atoms with Crippen molar-refractivity contribution < 1.29 is 13.2 Å². The minimum atomic E-state index is -4.69. The van der Waals surface area contributed by atoms with Gasteiger partial charge in [0, 0.05) is 71.2 Å². The van der Waals surface area contributed by atoms with E-state index in [9.17, 15) is 23.7 Å². The quantitative estimate of drug-likeness (QED) is 0.167. The zero-order valence-corrected chi connectivity index (χ0v) is 41.3. The van der Waals surface area contributed by atoms with Gasteiger partial charge in [0.1, 0.15) is 0 Å². The summed E-state index contributed by atoms with van der Waals surface area (Å²) >= 11 is 0. The van der Waals surface area contributed by atoms with Crippen molar-refractivity contribution in [2.45, 2.75) is 6.18 Å². The lowest BCUT2D eigenvalue weighted by atomic mass is 9.87. The molecule has 11 aromatic carbocycles. The van der Waals surface area contributed by atoms with E-state index < -0.39 is 11.7 Å². The topological polar surface area (TPSA) is 67.3 Å². The molecule has 0 fully saturated rings. The Bertz CT molecular complexity index is 5020. The zero-order valence-electron chi connectivity index (χ0n) is 41.3. The van der Waals surface area contributed by atoms with Crippen molar-refractivity contribution in [3.63, 3.8) is 0 Å². The van der Waals surface area contributed by atoms with Gasteiger partial charge in [0.05, 0.1) is 84.3 Å². The lowest BCUT2D eigenvalue weighted by Gasteiger charge is -2.23. The molecule has 0 aliphatic rings. The van der Waals surface area contributed by atoms with Crippen LogP contribution in [0.4, 0.5) is 13.2 Å². The third-order valence-electron chi connectivity index (χ3n) is 15.7. The van der Waals surface area contributed by atoms with Gasteiger partial charge in [0.2, 0.25) is 0 Å². The maximum atomic E-state index is 14.5. The van der Waals surface area contributed by atoms with E-state index in [0.717, 1.165) is 111 Å². The molecule has 0 saturated carbocycles. The average Bonchev–Trinajstić information content (AvgIpc) is 4.37. The third-order valence-corrected chi connectivity index (χ3v) is 15.7. The van der Waals surface area contributed by atoms with Crippen LogP contribution in [-0.4, -0.2) is 18.3 Å². The molecule has 0 N–H and O–H groups in total. The Hall–Kier alpha value is -10.6. The third kappa shape index (κ3) is 6.49. The van der Waals surface area contributed by atoms with Gasteiger partial charge in [0.15, 0.2) is 0 Å². The molecule has 6 nitrogen and oxygen atoms in total. The molecular weight excluding hydrogens is 970 g/mol. The molecule has 0 atom stereocenters. The van der Waals surface area contributed by atoms with Crippen LogP contribution in [0.1, 0.15) is 16.7 Å². The lowest BCUT2D eigenvalue weighted by molar-refractivity contribution is -0.137. The Kier molecular flexibility index (Phi) is 9.75. The number of hydrogen-bond donors (Lipinski definition) is 0. The van der Waals surface area contributed by atoms with Gasteiger partial charge in [-0.1, -0.05) is 133 Å². The van der Waals surface area contributed by atoms with Crippen molar-refractivity contribution in [1.29, 1.82) is 10.5 Å². The second kappa shape index (κ2) is 17.0. The van der Waals surface area contributed by atoms with Crippen LogP contribution in [0.3, 0.4) is 0 Å². The highest BCUT2D eigenvalue weighted by Crippen LogP contribution is 2.48. The summed E-state index contributed by atoms with van der Waals surface area (Å²) < 4.78 is 52.3. The van der Waals surface area contributed by atoms with Gasteiger partial charge in [-0.15, -0.1) is 0 Å². The second-order valence-electron chi connectivity index (χ2n) is 19.7. The number of alkyl halides is 3. The first kappa shape index (κ1) is 44.8. The van der Waals surface area contributed by atoms with Crippen molar-refractivity contribution in [1.82, 2.24) is 18.3 Å². The molecule has 366 valence electrons.